The molecule has 1 N–H and O–H groups in total. The Kier molecular flexibility index (Phi) is 7.15. The van der Waals surface area contributed by atoms with Gasteiger partial charge in [0.1, 0.15) is 10.8 Å². The van der Waals surface area contributed by atoms with Crippen molar-refractivity contribution in [1.82, 2.24) is 9.97 Å². The number of aryl methyl sites for hydroxylation is 3. The molecule has 4 aromatic rings. The standard InChI is InChI=1S/C27H26N2O3S/c1-18-16-23(11-8-20(18)10-13-26(30)31)32-15-14-24-19(2)33-27(29-24)22-9-12-25(28-17-22)21-6-4-3-5-7-21/h3-9,11-12,16-17H,10,13-15H2,1-2H3,(H,30,31). The minimum absolute atomic E-state index is 0.136. The van der Waals surface area contributed by atoms with Crippen LogP contribution in [-0.2, 0) is 17.6 Å². The summed E-state index contributed by atoms with van der Waals surface area (Å²) in [5, 5.41) is 9.83. The third-order valence-corrected chi connectivity index (χ3v) is 6.56. The predicted octanol–water partition coefficient (Wildman–Crippen LogP) is 6.13. The summed E-state index contributed by atoms with van der Waals surface area (Å²) in [7, 11) is 0. The van der Waals surface area contributed by atoms with Gasteiger partial charge in [-0.15, -0.1) is 11.3 Å². The Morgan fingerprint density at radius 2 is 1.82 bits per heavy atom. The SMILES string of the molecule is Cc1cc(OCCc2nc(-c3ccc(-c4ccccc4)nc3)sc2C)ccc1CCC(=O)O. The Morgan fingerprint density at radius 1 is 1.00 bits per heavy atom. The molecular formula is C27H26N2O3S. The van der Waals surface area contributed by atoms with E-state index in [2.05, 4.69) is 30.1 Å². The number of rotatable bonds is 9. The maximum atomic E-state index is 10.8. The molecule has 0 saturated heterocycles. The number of carboxylic acid groups (broad SMARTS) is 1. The molecule has 0 fully saturated rings. The molecule has 0 aliphatic heterocycles. The van der Waals surface area contributed by atoms with E-state index in [4.69, 9.17) is 14.8 Å². The highest BCUT2D eigenvalue weighted by Crippen LogP contribution is 2.29. The molecule has 0 unspecified atom stereocenters. The highest BCUT2D eigenvalue weighted by atomic mass is 32.1. The van der Waals surface area contributed by atoms with Gasteiger partial charge in [-0.3, -0.25) is 9.78 Å². The number of nitrogens with zero attached hydrogens (tertiary/aromatic N) is 2. The van der Waals surface area contributed by atoms with Crippen molar-refractivity contribution in [1.29, 1.82) is 0 Å². The summed E-state index contributed by atoms with van der Waals surface area (Å²) < 4.78 is 5.94. The van der Waals surface area contributed by atoms with Gasteiger partial charge < -0.3 is 9.84 Å². The van der Waals surface area contributed by atoms with Crippen LogP contribution in [0.2, 0.25) is 0 Å². The van der Waals surface area contributed by atoms with E-state index in [9.17, 15) is 4.79 Å². The largest absolute Gasteiger partial charge is 0.493 e. The molecule has 2 aromatic heterocycles. The normalized spacial score (nSPS) is 10.8. The first kappa shape index (κ1) is 22.7. The smallest absolute Gasteiger partial charge is 0.303 e. The topological polar surface area (TPSA) is 72.3 Å². The maximum absolute atomic E-state index is 10.8. The highest BCUT2D eigenvalue weighted by Gasteiger charge is 2.11. The quantitative estimate of drug-likeness (QED) is 0.327. The van der Waals surface area contributed by atoms with Crippen LogP contribution in [-0.4, -0.2) is 27.7 Å². The van der Waals surface area contributed by atoms with Gasteiger partial charge in [0.15, 0.2) is 0 Å². The van der Waals surface area contributed by atoms with Crippen LogP contribution >= 0.6 is 11.3 Å². The lowest BCUT2D eigenvalue weighted by molar-refractivity contribution is -0.136. The van der Waals surface area contributed by atoms with E-state index in [1.165, 1.54) is 4.88 Å². The Labute approximate surface area is 197 Å². The van der Waals surface area contributed by atoms with Gasteiger partial charge in [0.05, 0.1) is 18.0 Å². The lowest BCUT2D eigenvalue weighted by Gasteiger charge is -2.09. The van der Waals surface area contributed by atoms with E-state index in [0.29, 0.717) is 13.0 Å². The number of benzene rings is 2. The minimum Gasteiger partial charge on any atom is -0.493 e. The van der Waals surface area contributed by atoms with Crippen LogP contribution in [0.25, 0.3) is 21.8 Å². The summed E-state index contributed by atoms with van der Waals surface area (Å²) in [5.41, 5.74) is 6.19. The lowest BCUT2D eigenvalue weighted by atomic mass is 10.0. The number of aromatic nitrogens is 2. The molecule has 0 atom stereocenters. The van der Waals surface area contributed by atoms with Crippen LogP contribution in [0.1, 0.15) is 28.1 Å². The van der Waals surface area contributed by atoms with E-state index in [-0.39, 0.29) is 6.42 Å². The van der Waals surface area contributed by atoms with Gasteiger partial charge in [-0.2, -0.15) is 0 Å². The molecular weight excluding hydrogens is 432 g/mol. The van der Waals surface area contributed by atoms with Crippen molar-refractivity contribution in [2.24, 2.45) is 0 Å². The Hall–Kier alpha value is -3.51. The second kappa shape index (κ2) is 10.4. The fraction of sp³-hybridized carbons (Fsp3) is 0.222. The van der Waals surface area contributed by atoms with Crippen molar-refractivity contribution in [3.63, 3.8) is 0 Å². The van der Waals surface area contributed by atoms with Crippen LogP contribution in [0.3, 0.4) is 0 Å². The average molecular weight is 459 g/mol. The van der Waals surface area contributed by atoms with Gasteiger partial charge in [-0.05, 0) is 55.7 Å². The molecule has 2 aromatic carbocycles. The number of carboxylic acids is 1. The Balaban J connectivity index is 1.36. The predicted molar refractivity (Wildman–Crippen MR) is 132 cm³/mol. The van der Waals surface area contributed by atoms with Crippen LogP contribution in [0.5, 0.6) is 5.75 Å². The Bertz CT molecular complexity index is 1230. The number of carbonyl (C=O) groups is 1. The number of hydrogen-bond donors (Lipinski definition) is 1. The number of pyridine rings is 1. The molecule has 5 nitrogen and oxygen atoms in total. The molecule has 33 heavy (non-hydrogen) atoms. The van der Waals surface area contributed by atoms with E-state index < -0.39 is 5.97 Å². The third kappa shape index (κ3) is 5.84. The first-order valence-electron chi connectivity index (χ1n) is 10.9. The van der Waals surface area contributed by atoms with E-state index in [1.807, 2.05) is 55.6 Å². The van der Waals surface area contributed by atoms with E-state index in [0.717, 1.165) is 50.8 Å². The first-order valence-corrected chi connectivity index (χ1v) is 11.7. The molecule has 2 heterocycles. The number of hydrogen-bond acceptors (Lipinski definition) is 5. The molecule has 0 bridgehead atoms. The monoisotopic (exact) mass is 458 g/mol. The summed E-state index contributed by atoms with van der Waals surface area (Å²) in [6.07, 6.45) is 3.27. The van der Waals surface area contributed by atoms with Crippen molar-refractivity contribution in [3.8, 4) is 27.6 Å². The highest BCUT2D eigenvalue weighted by molar-refractivity contribution is 7.15. The molecule has 6 heteroatoms. The summed E-state index contributed by atoms with van der Waals surface area (Å²) in [5.74, 6) is 0.0102. The summed E-state index contributed by atoms with van der Waals surface area (Å²) in [6.45, 7) is 4.60. The maximum Gasteiger partial charge on any atom is 0.303 e. The van der Waals surface area contributed by atoms with Crippen molar-refractivity contribution in [3.05, 3.63) is 88.6 Å². The van der Waals surface area contributed by atoms with Crippen LogP contribution in [0, 0.1) is 13.8 Å². The lowest BCUT2D eigenvalue weighted by Crippen LogP contribution is -2.04. The van der Waals surface area contributed by atoms with Gasteiger partial charge >= 0.3 is 5.97 Å². The summed E-state index contributed by atoms with van der Waals surface area (Å²) in [6, 6.07) is 20.1. The fourth-order valence-electron chi connectivity index (χ4n) is 3.63. The Morgan fingerprint density at radius 3 is 2.52 bits per heavy atom. The van der Waals surface area contributed by atoms with Crippen molar-refractivity contribution in [2.45, 2.75) is 33.1 Å². The molecule has 0 saturated carbocycles. The summed E-state index contributed by atoms with van der Waals surface area (Å²) >= 11 is 1.67. The van der Waals surface area contributed by atoms with Crippen molar-refractivity contribution in [2.75, 3.05) is 6.61 Å². The van der Waals surface area contributed by atoms with Gasteiger partial charge in [0.25, 0.3) is 0 Å². The second-order valence-corrected chi connectivity index (χ2v) is 9.10. The zero-order valence-corrected chi connectivity index (χ0v) is 19.6. The first-order chi connectivity index (χ1) is 16.0. The van der Waals surface area contributed by atoms with Gasteiger partial charge in [0.2, 0.25) is 0 Å². The van der Waals surface area contributed by atoms with Gasteiger partial charge in [-0.1, -0.05) is 36.4 Å². The minimum atomic E-state index is -0.782. The molecule has 0 aliphatic rings. The zero-order valence-electron chi connectivity index (χ0n) is 18.7. The molecule has 0 amide bonds. The third-order valence-electron chi connectivity index (χ3n) is 5.50. The van der Waals surface area contributed by atoms with Crippen LogP contribution in [0.15, 0.2) is 66.9 Å². The van der Waals surface area contributed by atoms with Gasteiger partial charge in [-0.25, -0.2) is 4.98 Å². The van der Waals surface area contributed by atoms with E-state index >= 15 is 0 Å². The summed E-state index contributed by atoms with van der Waals surface area (Å²) in [4.78, 5) is 21.4. The van der Waals surface area contributed by atoms with Crippen LogP contribution in [0.4, 0.5) is 0 Å². The number of thiazole rings is 1. The molecule has 0 spiro atoms. The average Bonchev–Trinajstić information content (AvgIpc) is 3.19. The van der Waals surface area contributed by atoms with Gasteiger partial charge in [0, 0.05) is 35.0 Å². The van der Waals surface area contributed by atoms with Crippen molar-refractivity contribution < 1.29 is 14.6 Å². The second-order valence-electron chi connectivity index (χ2n) is 7.90. The number of ether oxygens (including phenoxy) is 1. The molecule has 0 radical (unpaired) electrons. The molecule has 4 rings (SSSR count). The zero-order chi connectivity index (χ0) is 23.2. The fourth-order valence-corrected chi connectivity index (χ4v) is 4.58. The molecule has 0 aliphatic carbocycles. The number of aliphatic carboxylic acids is 1. The molecule has 168 valence electrons. The van der Waals surface area contributed by atoms with E-state index in [1.54, 1.807) is 11.3 Å². The van der Waals surface area contributed by atoms with Crippen molar-refractivity contribution >= 4 is 17.3 Å². The van der Waals surface area contributed by atoms with Crippen LogP contribution < -0.4 is 4.74 Å².